The van der Waals surface area contributed by atoms with Crippen LogP contribution in [-0.2, 0) is 11.2 Å². The van der Waals surface area contributed by atoms with E-state index in [4.69, 9.17) is 0 Å². The van der Waals surface area contributed by atoms with Gasteiger partial charge in [-0.25, -0.2) is 0 Å². The Bertz CT molecular complexity index is 397. The normalized spacial score (nSPS) is 20.2. The van der Waals surface area contributed by atoms with Gasteiger partial charge in [0.15, 0.2) is 0 Å². The van der Waals surface area contributed by atoms with Gasteiger partial charge in [0, 0.05) is 17.8 Å². The molecular weight excluding hydrogens is 224 g/mol. The highest BCUT2D eigenvalue weighted by molar-refractivity contribution is 5.78. The van der Waals surface area contributed by atoms with Crippen molar-refractivity contribution in [3.63, 3.8) is 0 Å². The predicted molar refractivity (Wildman–Crippen MR) is 73.3 cm³/mol. The Morgan fingerprint density at radius 1 is 1.61 bits per heavy atom. The van der Waals surface area contributed by atoms with E-state index in [1.807, 2.05) is 13.1 Å². The first kappa shape index (κ1) is 13.2. The number of fused-ring (bicyclic) bond motifs is 1. The van der Waals surface area contributed by atoms with Gasteiger partial charge in [0.25, 0.3) is 0 Å². The van der Waals surface area contributed by atoms with Crippen LogP contribution in [0.2, 0.25) is 0 Å². The lowest BCUT2D eigenvalue weighted by molar-refractivity contribution is -0.125. The minimum absolute atomic E-state index is 0.134. The lowest BCUT2D eigenvalue weighted by Gasteiger charge is -2.25. The van der Waals surface area contributed by atoms with E-state index >= 15 is 0 Å². The molecule has 1 aromatic rings. The number of aryl methyl sites for hydroxylation is 1. The van der Waals surface area contributed by atoms with Gasteiger partial charge in [0.1, 0.15) is 0 Å². The summed E-state index contributed by atoms with van der Waals surface area (Å²) in [5, 5.41) is 3.21. The summed E-state index contributed by atoms with van der Waals surface area (Å²) in [6.45, 7) is 4.20. The Balaban J connectivity index is 1.93. The second kappa shape index (κ2) is 6.07. The number of unbranched alkanes of at least 4 members (excludes halogenated alkanes) is 1. The van der Waals surface area contributed by atoms with E-state index in [9.17, 15) is 4.79 Å². The van der Waals surface area contributed by atoms with E-state index < -0.39 is 0 Å². The van der Waals surface area contributed by atoms with E-state index in [2.05, 4.69) is 23.3 Å². The molecular formula is C15H24N2O. The maximum atomic E-state index is 12.1. The number of rotatable bonds is 5. The molecule has 0 aliphatic heterocycles. The molecule has 0 unspecified atom stereocenters. The van der Waals surface area contributed by atoms with Gasteiger partial charge in [-0.15, -0.1) is 0 Å². The van der Waals surface area contributed by atoms with Gasteiger partial charge in [-0.05, 0) is 37.3 Å². The van der Waals surface area contributed by atoms with Crippen molar-refractivity contribution in [1.29, 1.82) is 0 Å². The summed E-state index contributed by atoms with van der Waals surface area (Å²) >= 11 is 0. The molecule has 0 spiro atoms. The standard InChI is InChI=1S/C15H24N2O/c1-3-4-6-11(2)15(18)17-14-8-5-7-13-12(14)9-10-16-13/h9-11,14,16H,3-8H2,1-2H3,(H,17,18)/t11-,14+/m0/s1. The Morgan fingerprint density at radius 2 is 2.44 bits per heavy atom. The number of nitrogens with one attached hydrogen (secondary N) is 2. The first-order chi connectivity index (χ1) is 8.72. The number of aromatic amines is 1. The topological polar surface area (TPSA) is 44.9 Å². The Hall–Kier alpha value is -1.25. The molecule has 3 nitrogen and oxygen atoms in total. The van der Waals surface area contributed by atoms with Crippen LogP contribution < -0.4 is 5.32 Å². The Morgan fingerprint density at radius 3 is 3.22 bits per heavy atom. The maximum absolute atomic E-state index is 12.1. The Labute approximate surface area is 109 Å². The quantitative estimate of drug-likeness (QED) is 0.824. The second-order valence-corrected chi connectivity index (χ2v) is 5.41. The van der Waals surface area contributed by atoms with Crippen LogP contribution in [0.4, 0.5) is 0 Å². The van der Waals surface area contributed by atoms with E-state index in [0.29, 0.717) is 0 Å². The van der Waals surface area contributed by atoms with Gasteiger partial charge < -0.3 is 10.3 Å². The van der Waals surface area contributed by atoms with E-state index in [1.165, 1.54) is 11.3 Å². The van der Waals surface area contributed by atoms with Gasteiger partial charge in [-0.1, -0.05) is 26.7 Å². The van der Waals surface area contributed by atoms with Crippen molar-refractivity contribution < 1.29 is 4.79 Å². The average molecular weight is 248 g/mol. The third-order valence-corrected chi connectivity index (χ3v) is 3.92. The molecule has 0 bridgehead atoms. The van der Waals surface area contributed by atoms with E-state index in [1.54, 1.807) is 0 Å². The van der Waals surface area contributed by atoms with Gasteiger partial charge in [0.05, 0.1) is 6.04 Å². The lowest BCUT2D eigenvalue weighted by Crippen LogP contribution is -2.34. The molecule has 0 radical (unpaired) electrons. The molecule has 3 heteroatoms. The highest BCUT2D eigenvalue weighted by Crippen LogP contribution is 2.29. The van der Waals surface area contributed by atoms with Crippen molar-refractivity contribution in [2.24, 2.45) is 5.92 Å². The zero-order chi connectivity index (χ0) is 13.0. The number of hydrogen-bond donors (Lipinski definition) is 2. The zero-order valence-electron chi connectivity index (χ0n) is 11.5. The minimum atomic E-state index is 0.134. The molecule has 100 valence electrons. The van der Waals surface area contributed by atoms with Gasteiger partial charge in [0.2, 0.25) is 5.91 Å². The SMILES string of the molecule is CCCC[C@H](C)C(=O)N[C@@H]1CCCc2[nH]ccc21. The molecule has 1 amide bonds. The third-order valence-electron chi connectivity index (χ3n) is 3.92. The smallest absolute Gasteiger partial charge is 0.223 e. The van der Waals surface area contributed by atoms with Crippen LogP contribution >= 0.6 is 0 Å². The fourth-order valence-electron chi connectivity index (χ4n) is 2.70. The number of carbonyl (C=O) groups excluding carboxylic acids is 1. The van der Waals surface area contributed by atoms with Crippen LogP contribution in [0.25, 0.3) is 0 Å². The van der Waals surface area contributed by atoms with Crippen molar-refractivity contribution in [3.8, 4) is 0 Å². The average Bonchev–Trinajstić information content (AvgIpc) is 2.85. The summed E-state index contributed by atoms with van der Waals surface area (Å²) in [6.07, 6.45) is 8.60. The minimum Gasteiger partial charge on any atom is -0.365 e. The van der Waals surface area contributed by atoms with E-state index in [-0.39, 0.29) is 17.9 Å². The summed E-state index contributed by atoms with van der Waals surface area (Å²) in [7, 11) is 0. The fraction of sp³-hybridized carbons (Fsp3) is 0.667. The first-order valence-corrected chi connectivity index (χ1v) is 7.19. The molecule has 2 rings (SSSR count). The zero-order valence-corrected chi connectivity index (χ0v) is 11.5. The van der Waals surface area contributed by atoms with Crippen molar-refractivity contribution in [2.75, 3.05) is 0 Å². The van der Waals surface area contributed by atoms with Crippen LogP contribution in [0.1, 0.15) is 63.3 Å². The summed E-state index contributed by atoms with van der Waals surface area (Å²) < 4.78 is 0. The molecule has 2 atom stereocenters. The van der Waals surface area contributed by atoms with Crippen molar-refractivity contribution in [2.45, 2.75) is 58.4 Å². The molecule has 18 heavy (non-hydrogen) atoms. The summed E-state index contributed by atoms with van der Waals surface area (Å²) in [6, 6.07) is 2.33. The molecule has 0 saturated heterocycles. The monoisotopic (exact) mass is 248 g/mol. The van der Waals surface area contributed by atoms with Gasteiger partial charge in [-0.3, -0.25) is 4.79 Å². The predicted octanol–water partition coefficient (Wildman–Crippen LogP) is 3.33. The molecule has 0 fully saturated rings. The number of carbonyl (C=O) groups is 1. The van der Waals surface area contributed by atoms with Crippen LogP contribution in [0.5, 0.6) is 0 Å². The van der Waals surface area contributed by atoms with Crippen molar-refractivity contribution in [3.05, 3.63) is 23.5 Å². The maximum Gasteiger partial charge on any atom is 0.223 e. The highest BCUT2D eigenvalue weighted by Gasteiger charge is 2.24. The molecule has 0 aromatic carbocycles. The number of hydrogen-bond acceptors (Lipinski definition) is 1. The number of H-pyrrole nitrogens is 1. The van der Waals surface area contributed by atoms with E-state index in [0.717, 1.165) is 38.5 Å². The molecule has 1 aliphatic carbocycles. The molecule has 1 aliphatic rings. The van der Waals surface area contributed by atoms with Gasteiger partial charge in [-0.2, -0.15) is 0 Å². The largest absolute Gasteiger partial charge is 0.365 e. The van der Waals surface area contributed by atoms with Crippen LogP contribution in [0, 0.1) is 5.92 Å². The fourth-order valence-corrected chi connectivity index (χ4v) is 2.70. The van der Waals surface area contributed by atoms with Gasteiger partial charge >= 0.3 is 0 Å². The van der Waals surface area contributed by atoms with Crippen LogP contribution in [0.3, 0.4) is 0 Å². The van der Waals surface area contributed by atoms with Crippen molar-refractivity contribution in [1.82, 2.24) is 10.3 Å². The molecule has 0 saturated carbocycles. The molecule has 1 aromatic heterocycles. The summed E-state index contributed by atoms with van der Waals surface area (Å²) in [5.74, 6) is 0.344. The molecule has 1 heterocycles. The second-order valence-electron chi connectivity index (χ2n) is 5.41. The third kappa shape index (κ3) is 2.95. The summed E-state index contributed by atoms with van der Waals surface area (Å²) in [5.41, 5.74) is 2.59. The Kier molecular flexibility index (Phi) is 4.45. The highest BCUT2D eigenvalue weighted by atomic mass is 16.1. The first-order valence-electron chi connectivity index (χ1n) is 7.19. The number of aromatic nitrogens is 1. The van der Waals surface area contributed by atoms with Crippen LogP contribution in [0.15, 0.2) is 12.3 Å². The summed E-state index contributed by atoms with van der Waals surface area (Å²) in [4.78, 5) is 15.4. The molecule has 2 N–H and O–H groups in total. The van der Waals surface area contributed by atoms with Crippen molar-refractivity contribution >= 4 is 5.91 Å². The van der Waals surface area contributed by atoms with Crippen LogP contribution in [-0.4, -0.2) is 10.9 Å². The number of amides is 1. The lowest BCUT2D eigenvalue weighted by atomic mass is 9.92.